The molecule has 0 saturated carbocycles. The van der Waals surface area contributed by atoms with Crippen molar-refractivity contribution in [2.45, 2.75) is 0 Å². The number of likely N-dealkylation sites (N-methyl/N-ethyl adjacent to an activating group) is 1. The Hall–Kier alpha value is -2.24. The van der Waals surface area contributed by atoms with Gasteiger partial charge in [-0.3, -0.25) is 4.79 Å². The maximum Gasteiger partial charge on any atom is 0.243 e. The lowest BCUT2D eigenvalue weighted by Crippen LogP contribution is -2.28. The summed E-state index contributed by atoms with van der Waals surface area (Å²) in [4.78, 5) is 16.7. The minimum absolute atomic E-state index is 0.0298. The molecule has 0 radical (unpaired) electrons. The summed E-state index contributed by atoms with van der Waals surface area (Å²) in [7, 11) is 4.95. The highest BCUT2D eigenvalue weighted by Gasteiger charge is 2.02. The van der Waals surface area contributed by atoms with Gasteiger partial charge in [0.1, 0.15) is 12.3 Å². The number of methoxy groups -OCH3 is 1. The van der Waals surface area contributed by atoms with E-state index >= 15 is 0 Å². The van der Waals surface area contributed by atoms with Gasteiger partial charge in [-0.05, 0) is 24.3 Å². The summed E-state index contributed by atoms with van der Waals surface area (Å²) in [5, 5.41) is 2.89. The molecule has 6 heteroatoms. The molecule has 0 atom stereocenters. The number of rotatable bonds is 4. The van der Waals surface area contributed by atoms with E-state index in [1.165, 1.54) is 4.90 Å². The number of nitrogens with zero attached hydrogens (tertiary/aromatic N) is 2. The van der Waals surface area contributed by atoms with Gasteiger partial charge in [0, 0.05) is 19.8 Å². The van der Waals surface area contributed by atoms with Crippen molar-refractivity contribution in [2.75, 3.05) is 33.1 Å². The summed E-state index contributed by atoms with van der Waals surface area (Å²) in [6.07, 6.45) is 0. The van der Waals surface area contributed by atoms with Crippen LogP contribution in [0, 0.1) is 0 Å². The lowest BCUT2D eigenvalue weighted by Gasteiger charge is -2.09. The van der Waals surface area contributed by atoms with Gasteiger partial charge in [0.25, 0.3) is 0 Å². The number of nitrogens with two attached hydrogens (primary N) is 1. The Morgan fingerprint density at radius 1 is 1.39 bits per heavy atom. The Morgan fingerprint density at radius 2 is 2.00 bits per heavy atom. The number of hydrogen-bond acceptors (Lipinski definition) is 3. The smallest absolute Gasteiger partial charge is 0.243 e. The molecule has 0 fully saturated rings. The van der Waals surface area contributed by atoms with E-state index in [0.29, 0.717) is 0 Å². The third-order valence-electron chi connectivity index (χ3n) is 2.25. The zero-order valence-electron chi connectivity index (χ0n) is 10.8. The molecular formula is C12H18N4O2. The number of carbonyl (C=O) groups excluding carboxylic acids is 1. The number of anilines is 1. The number of benzene rings is 1. The molecule has 0 heterocycles. The number of ether oxygens (including phenoxy) is 1. The Bertz CT molecular complexity index is 426. The Kier molecular flexibility index (Phi) is 4.98. The van der Waals surface area contributed by atoms with Gasteiger partial charge < -0.3 is 20.7 Å². The normalized spacial score (nSPS) is 10.9. The Labute approximate surface area is 106 Å². The van der Waals surface area contributed by atoms with Crippen LogP contribution in [-0.2, 0) is 4.79 Å². The maximum absolute atomic E-state index is 11.3. The summed E-state index contributed by atoms with van der Waals surface area (Å²) >= 11 is 0. The molecule has 0 spiro atoms. The van der Waals surface area contributed by atoms with Gasteiger partial charge in [-0.2, -0.15) is 0 Å². The van der Waals surface area contributed by atoms with E-state index in [2.05, 4.69) is 10.3 Å². The molecule has 98 valence electrons. The first kappa shape index (κ1) is 13.8. The fourth-order valence-corrected chi connectivity index (χ4v) is 1.16. The number of amides is 1. The van der Waals surface area contributed by atoms with Crippen LogP contribution in [0.15, 0.2) is 29.3 Å². The van der Waals surface area contributed by atoms with Crippen molar-refractivity contribution in [1.82, 2.24) is 4.90 Å². The summed E-state index contributed by atoms with van der Waals surface area (Å²) in [5.41, 5.74) is 6.45. The average molecular weight is 250 g/mol. The third-order valence-corrected chi connectivity index (χ3v) is 2.25. The van der Waals surface area contributed by atoms with Gasteiger partial charge in [-0.25, -0.2) is 4.99 Å². The van der Waals surface area contributed by atoms with Gasteiger partial charge >= 0.3 is 0 Å². The van der Waals surface area contributed by atoms with Crippen molar-refractivity contribution >= 4 is 17.6 Å². The lowest BCUT2D eigenvalue weighted by atomic mass is 10.3. The number of carbonyl (C=O) groups is 1. The van der Waals surface area contributed by atoms with Crippen molar-refractivity contribution < 1.29 is 9.53 Å². The predicted molar refractivity (Wildman–Crippen MR) is 71.8 cm³/mol. The summed E-state index contributed by atoms with van der Waals surface area (Å²) < 4.78 is 5.04. The van der Waals surface area contributed by atoms with Crippen molar-refractivity contribution in [3.8, 4) is 5.75 Å². The fourth-order valence-electron chi connectivity index (χ4n) is 1.16. The topological polar surface area (TPSA) is 80.0 Å². The first-order chi connectivity index (χ1) is 8.52. The van der Waals surface area contributed by atoms with Crippen molar-refractivity contribution in [1.29, 1.82) is 0 Å². The van der Waals surface area contributed by atoms with Crippen LogP contribution >= 0.6 is 0 Å². The first-order valence-corrected chi connectivity index (χ1v) is 5.44. The van der Waals surface area contributed by atoms with Crippen LogP contribution in [0.1, 0.15) is 0 Å². The molecule has 1 aromatic carbocycles. The second-order valence-electron chi connectivity index (χ2n) is 3.84. The minimum atomic E-state index is -0.102. The highest BCUT2D eigenvalue weighted by atomic mass is 16.5. The molecule has 1 rings (SSSR count). The largest absolute Gasteiger partial charge is 0.497 e. The SMILES string of the molecule is COc1ccc(NC(N)=NCC(=O)N(C)C)cc1. The van der Waals surface area contributed by atoms with Gasteiger partial charge in [0.05, 0.1) is 7.11 Å². The molecule has 0 unspecified atom stereocenters. The maximum atomic E-state index is 11.3. The summed E-state index contributed by atoms with van der Waals surface area (Å²) in [6, 6.07) is 7.24. The molecule has 18 heavy (non-hydrogen) atoms. The summed E-state index contributed by atoms with van der Waals surface area (Å²) in [5.74, 6) is 0.865. The van der Waals surface area contributed by atoms with E-state index in [0.717, 1.165) is 11.4 Å². The van der Waals surface area contributed by atoms with Crippen LogP contribution in [0.4, 0.5) is 5.69 Å². The molecule has 3 N–H and O–H groups in total. The molecule has 1 aromatic rings. The van der Waals surface area contributed by atoms with Crippen molar-refractivity contribution in [3.05, 3.63) is 24.3 Å². The highest BCUT2D eigenvalue weighted by Crippen LogP contribution is 2.14. The fraction of sp³-hybridized carbons (Fsp3) is 0.333. The van der Waals surface area contributed by atoms with Crippen molar-refractivity contribution in [2.24, 2.45) is 10.7 Å². The molecule has 0 aliphatic heterocycles. The number of guanidine groups is 1. The predicted octanol–water partition coefficient (Wildman–Crippen LogP) is 0.510. The van der Waals surface area contributed by atoms with E-state index in [1.807, 2.05) is 12.1 Å². The van der Waals surface area contributed by atoms with E-state index in [4.69, 9.17) is 10.5 Å². The number of nitrogens with one attached hydrogen (secondary N) is 1. The third kappa shape index (κ3) is 4.32. The molecular weight excluding hydrogens is 232 g/mol. The zero-order chi connectivity index (χ0) is 13.5. The monoisotopic (exact) mass is 250 g/mol. The van der Waals surface area contributed by atoms with Gasteiger partial charge in [-0.15, -0.1) is 0 Å². The molecule has 0 aromatic heterocycles. The van der Waals surface area contributed by atoms with Gasteiger partial charge in [0.15, 0.2) is 5.96 Å². The second-order valence-corrected chi connectivity index (χ2v) is 3.84. The lowest BCUT2D eigenvalue weighted by molar-refractivity contribution is -0.127. The first-order valence-electron chi connectivity index (χ1n) is 5.44. The molecule has 6 nitrogen and oxygen atoms in total. The van der Waals surface area contributed by atoms with Gasteiger partial charge in [0.2, 0.25) is 5.91 Å². The second kappa shape index (κ2) is 6.48. The summed E-state index contributed by atoms with van der Waals surface area (Å²) in [6.45, 7) is 0.0298. The van der Waals surface area contributed by atoms with Gasteiger partial charge in [-0.1, -0.05) is 0 Å². The van der Waals surface area contributed by atoms with Crippen LogP contribution < -0.4 is 15.8 Å². The quantitative estimate of drug-likeness (QED) is 0.602. The van der Waals surface area contributed by atoms with Crippen LogP contribution in [0.3, 0.4) is 0 Å². The molecule has 0 aliphatic carbocycles. The van der Waals surface area contributed by atoms with Crippen LogP contribution in [-0.4, -0.2) is 44.5 Å². The van der Waals surface area contributed by atoms with Crippen LogP contribution in [0.25, 0.3) is 0 Å². The van der Waals surface area contributed by atoms with Crippen LogP contribution in [0.2, 0.25) is 0 Å². The average Bonchev–Trinajstić information content (AvgIpc) is 2.36. The molecule has 0 aliphatic rings. The molecule has 1 amide bonds. The Morgan fingerprint density at radius 3 is 2.50 bits per heavy atom. The molecule has 0 bridgehead atoms. The van der Waals surface area contributed by atoms with Crippen molar-refractivity contribution in [3.63, 3.8) is 0 Å². The number of aliphatic imine (C=N–C) groups is 1. The van der Waals surface area contributed by atoms with Crippen LogP contribution in [0.5, 0.6) is 5.75 Å². The van der Waals surface area contributed by atoms with E-state index < -0.39 is 0 Å². The van der Waals surface area contributed by atoms with E-state index in [-0.39, 0.29) is 18.4 Å². The highest BCUT2D eigenvalue weighted by molar-refractivity contribution is 5.93. The minimum Gasteiger partial charge on any atom is -0.497 e. The van der Waals surface area contributed by atoms with E-state index in [9.17, 15) is 4.79 Å². The molecule has 0 saturated heterocycles. The Balaban J connectivity index is 2.55. The standard InChI is InChI=1S/C12H18N4O2/c1-16(2)11(17)8-14-12(13)15-9-4-6-10(18-3)7-5-9/h4-7H,8H2,1-3H3,(H3,13,14,15). The van der Waals surface area contributed by atoms with E-state index in [1.54, 1.807) is 33.3 Å². The zero-order valence-corrected chi connectivity index (χ0v) is 10.8. The number of hydrogen-bond donors (Lipinski definition) is 2.